The molecule has 2 rings (SSSR count). The summed E-state index contributed by atoms with van der Waals surface area (Å²) < 4.78 is 5.95. The van der Waals surface area contributed by atoms with Crippen molar-refractivity contribution in [1.29, 1.82) is 0 Å². The molecule has 0 aliphatic heterocycles. The summed E-state index contributed by atoms with van der Waals surface area (Å²) in [6, 6.07) is 7.99. The van der Waals surface area contributed by atoms with Crippen molar-refractivity contribution in [2.45, 2.75) is 6.42 Å². The van der Waals surface area contributed by atoms with Crippen LogP contribution in [0.2, 0.25) is 0 Å². The minimum Gasteiger partial charge on any atom is -0.383 e. The number of carbonyl (C=O) groups is 1. The normalized spacial score (nSPS) is 10.7. The molecule has 1 heterocycles. The SMILES string of the molecule is COCCNCCNC(=O)Cc1csc(-c2cccc(Br)c2)n1. The highest BCUT2D eigenvalue weighted by Crippen LogP contribution is 2.26. The van der Waals surface area contributed by atoms with Crippen LogP contribution < -0.4 is 10.6 Å². The van der Waals surface area contributed by atoms with Crippen LogP contribution in [0.15, 0.2) is 34.1 Å². The van der Waals surface area contributed by atoms with Gasteiger partial charge in [0.15, 0.2) is 0 Å². The van der Waals surface area contributed by atoms with Gasteiger partial charge >= 0.3 is 0 Å². The van der Waals surface area contributed by atoms with Gasteiger partial charge in [0.05, 0.1) is 18.7 Å². The molecule has 1 aromatic carbocycles. The number of ether oxygens (including phenoxy) is 1. The smallest absolute Gasteiger partial charge is 0.226 e. The average molecular weight is 398 g/mol. The van der Waals surface area contributed by atoms with Crippen molar-refractivity contribution in [3.8, 4) is 10.6 Å². The number of nitrogens with one attached hydrogen (secondary N) is 2. The summed E-state index contributed by atoms with van der Waals surface area (Å²) in [7, 11) is 1.67. The first kappa shape index (κ1) is 18.1. The second-order valence-electron chi connectivity index (χ2n) is 4.92. The largest absolute Gasteiger partial charge is 0.383 e. The van der Waals surface area contributed by atoms with Crippen LogP contribution in [0.1, 0.15) is 5.69 Å². The Morgan fingerprint density at radius 2 is 2.22 bits per heavy atom. The Morgan fingerprint density at radius 3 is 3.00 bits per heavy atom. The molecular weight excluding hydrogens is 378 g/mol. The van der Waals surface area contributed by atoms with Gasteiger partial charge in [-0.25, -0.2) is 4.98 Å². The van der Waals surface area contributed by atoms with E-state index in [4.69, 9.17) is 4.74 Å². The topological polar surface area (TPSA) is 63.2 Å². The maximum absolute atomic E-state index is 11.9. The number of amides is 1. The fraction of sp³-hybridized carbons (Fsp3) is 0.375. The van der Waals surface area contributed by atoms with Crippen LogP contribution >= 0.6 is 27.3 Å². The lowest BCUT2D eigenvalue weighted by Gasteiger charge is -2.05. The van der Waals surface area contributed by atoms with Gasteiger partial charge in [-0.2, -0.15) is 0 Å². The van der Waals surface area contributed by atoms with E-state index in [2.05, 4.69) is 31.5 Å². The van der Waals surface area contributed by atoms with E-state index in [1.165, 1.54) is 0 Å². The standard InChI is InChI=1S/C16H20BrN3O2S/c1-22-8-7-18-5-6-19-15(21)10-14-11-23-16(20-14)12-3-2-4-13(17)9-12/h2-4,9,11,18H,5-8,10H2,1H3,(H,19,21). The lowest BCUT2D eigenvalue weighted by molar-refractivity contribution is -0.120. The van der Waals surface area contributed by atoms with Gasteiger partial charge in [-0.15, -0.1) is 11.3 Å². The first-order valence-electron chi connectivity index (χ1n) is 7.35. The minimum absolute atomic E-state index is 0.00960. The maximum atomic E-state index is 11.9. The third-order valence-corrected chi connectivity index (χ3v) is 4.51. The van der Waals surface area contributed by atoms with Crippen molar-refractivity contribution in [2.24, 2.45) is 0 Å². The van der Waals surface area contributed by atoms with Crippen molar-refractivity contribution < 1.29 is 9.53 Å². The number of methoxy groups -OCH3 is 1. The third kappa shape index (κ3) is 6.39. The number of hydrogen-bond acceptors (Lipinski definition) is 5. The number of carbonyl (C=O) groups excluding carboxylic acids is 1. The molecule has 1 aromatic heterocycles. The summed E-state index contributed by atoms with van der Waals surface area (Å²) in [5.41, 5.74) is 1.85. The fourth-order valence-corrected chi connectivity index (χ4v) is 3.17. The van der Waals surface area contributed by atoms with E-state index >= 15 is 0 Å². The molecule has 0 saturated heterocycles. The lowest BCUT2D eigenvalue weighted by Crippen LogP contribution is -2.33. The predicted octanol–water partition coefficient (Wildman–Crippen LogP) is 2.47. The molecule has 0 fully saturated rings. The highest BCUT2D eigenvalue weighted by Gasteiger charge is 2.09. The number of thiazole rings is 1. The second kappa shape index (κ2) is 9.77. The fourth-order valence-electron chi connectivity index (χ4n) is 1.96. The third-order valence-electron chi connectivity index (χ3n) is 3.07. The van der Waals surface area contributed by atoms with Gasteiger partial charge < -0.3 is 15.4 Å². The zero-order chi connectivity index (χ0) is 16.5. The van der Waals surface area contributed by atoms with Crippen molar-refractivity contribution in [3.63, 3.8) is 0 Å². The molecule has 0 aliphatic carbocycles. The summed E-state index contributed by atoms with van der Waals surface area (Å²) in [5.74, 6) is -0.00960. The van der Waals surface area contributed by atoms with Gasteiger partial charge in [0.1, 0.15) is 5.01 Å². The van der Waals surface area contributed by atoms with Crippen molar-refractivity contribution >= 4 is 33.2 Å². The summed E-state index contributed by atoms with van der Waals surface area (Å²) in [4.78, 5) is 16.4. The molecule has 5 nitrogen and oxygen atoms in total. The number of rotatable bonds is 9. The molecule has 0 spiro atoms. The molecule has 2 N–H and O–H groups in total. The van der Waals surface area contributed by atoms with Crippen molar-refractivity contribution in [2.75, 3.05) is 33.4 Å². The summed E-state index contributed by atoms with van der Waals surface area (Å²) in [6.45, 7) is 2.79. The Bertz CT molecular complexity index is 633. The zero-order valence-electron chi connectivity index (χ0n) is 13.0. The van der Waals surface area contributed by atoms with Crippen LogP contribution in [-0.4, -0.2) is 44.2 Å². The van der Waals surface area contributed by atoms with Crippen LogP contribution in [0.3, 0.4) is 0 Å². The predicted molar refractivity (Wildman–Crippen MR) is 96.7 cm³/mol. The highest BCUT2D eigenvalue weighted by atomic mass is 79.9. The van der Waals surface area contributed by atoms with Crippen molar-refractivity contribution in [1.82, 2.24) is 15.6 Å². The first-order valence-corrected chi connectivity index (χ1v) is 9.03. The first-order chi connectivity index (χ1) is 11.2. The van der Waals surface area contributed by atoms with E-state index in [1.54, 1.807) is 18.4 Å². The molecule has 0 bridgehead atoms. The van der Waals surface area contributed by atoms with E-state index in [9.17, 15) is 4.79 Å². The monoisotopic (exact) mass is 397 g/mol. The maximum Gasteiger partial charge on any atom is 0.226 e. The van der Waals surface area contributed by atoms with E-state index in [0.717, 1.165) is 33.8 Å². The number of aromatic nitrogens is 1. The Kier molecular flexibility index (Phi) is 7.67. The molecule has 2 aromatic rings. The molecular formula is C16H20BrN3O2S. The molecule has 7 heteroatoms. The van der Waals surface area contributed by atoms with Gasteiger partial charge in [-0.05, 0) is 12.1 Å². The second-order valence-corrected chi connectivity index (χ2v) is 6.70. The number of halogens is 1. The van der Waals surface area contributed by atoms with Gasteiger partial charge in [0.25, 0.3) is 0 Å². The molecule has 0 saturated carbocycles. The number of benzene rings is 1. The van der Waals surface area contributed by atoms with Crippen LogP contribution in [0, 0.1) is 0 Å². The molecule has 0 radical (unpaired) electrons. The van der Waals surface area contributed by atoms with Crippen LogP contribution in [0.5, 0.6) is 0 Å². The molecule has 124 valence electrons. The van der Waals surface area contributed by atoms with E-state index < -0.39 is 0 Å². The van der Waals surface area contributed by atoms with Gasteiger partial charge in [0.2, 0.25) is 5.91 Å². The average Bonchev–Trinajstić information content (AvgIpc) is 2.99. The highest BCUT2D eigenvalue weighted by molar-refractivity contribution is 9.10. The minimum atomic E-state index is -0.00960. The Labute approximate surface area is 148 Å². The Hall–Kier alpha value is -1.28. The van der Waals surface area contributed by atoms with Crippen molar-refractivity contribution in [3.05, 3.63) is 39.8 Å². The molecule has 0 unspecified atom stereocenters. The van der Waals surface area contributed by atoms with Crippen LogP contribution in [0.4, 0.5) is 0 Å². The molecule has 23 heavy (non-hydrogen) atoms. The molecule has 0 atom stereocenters. The van der Waals surface area contributed by atoms with Crippen LogP contribution in [0.25, 0.3) is 10.6 Å². The van der Waals surface area contributed by atoms with Gasteiger partial charge in [-0.1, -0.05) is 28.1 Å². The lowest BCUT2D eigenvalue weighted by atomic mass is 10.2. The van der Waals surface area contributed by atoms with E-state index in [1.807, 2.05) is 29.6 Å². The summed E-state index contributed by atoms with van der Waals surface area (Å²) in [6.07, 6.45) is 0.308. The van der Waals surface area contributed by atoms with E-state index in [0.29, 0.717) is 19.6 Å². The quantitative estimate of drug-likeness (QED) is 0.637. The summed E-state index contributed by atoms with van der Waals surface area (Å²) >= 11 is 5.01. The Balaban J connectivity index is 1.77. The van der Waals surface area contributed by atoms with Gasteiger partial charge in [-0.3, -0.25) is 4.79 Å². The van der Waals surface area contributed by atoms with Crippen LogP contribution in [-0.2, 0) is 16.0 Å². The molecule has 1 amide bonds. The Morgan fingerprint density at radius 1 is 1.35 bits per heavy atom. The molecule has 0 aliphatic rings. The van der Waals surface area contributed by atoms with E-state index in [-0.39, 0.29) is 5.91 Å². The summed E-state index contributed by atoms with van der Waals surface area (Å²) in [5, 5.41) is 8.92. The zero-order valence-corrected chi connectivity index (χ0v) is 15.4. The van der Waals surface area contributed by atoms with Gasteiger partial charge in [0, 0.05) is 42.2 Å². The number of nitrogens with zero attached hydrogens (tertiary/aromatic N) is 1. The number of hydrogen-bond donors (Lipinski definition) is 2.